The molecule has 0 unspecified atom stereocenters. The van der Waals surface area contributed by atoms with Gasteiger partial charge in [-0.05, 0) is 24.6 Å². The van der Waals surface area contributed by atoms with Crippen LogP contribution in [0.1, 0.15) is 20.8 Å². The van der Waals surface area contributed by atoms with Crippen LogP contribution in [0, 0.1) is 0 Å². The first-order valence-corrected chi connectivity index (χ1v) is 4.36. The first-order chi connectivity index (χ1) is 6.24. The monoisotopic (exact) mass is 177 g/mol. The molecule has 0 heterocycles. The van der Waals surface area contributed by atoms with E-state index in [2.05, 4.69) is 16.8 Å². The quantitative estimate of drug-likeness (QED) is 0.609. The Bertz CT molecular complexity index is 311. The Balaban J connectivity index is 0.000000671. The number of nitrogens with one attached hydrogen (secondary N) is 1. The molecule has 0 bridgehead atoms. The predicted octanol–water partition coefficient (Wildman–Crippen LogP) is 1.96. The number of rotatable bonds is 1. The van der Waals surface area contributed by atoms with Crippen molar-refractivity contribution in [1.29, 1.82) is 0 Å². The molecular formula is C11H15NO. The van der Waals surface area contributed by atoms with Crippen LogP contribution in [0.4, 0.5) is 0 Å². The van der Waals surface area contributed by atoms with Crippen molar-refractivity contribution < 1.29 is 4.79 Å². The van der Waals surface area contributed by atoms with Gasteiger partial charge in [-0.15, -0.1) is 0 Å². The van der Waals surface area contributed by atoms with Gasteiger partial charge in [0.15, 0.2) is 0 Å². The molecule has 0 fully saturated rings. The molecule has 2 heteroatoms. The van der Waals surface area contributed by atoms with Gasteiger partial charge in [0.2, 0.25) is 0 Å². The van der Waals surface area contributed by atoms with Crippen LogP contribution in [-0.2, 0) is 4.79 Å². The van der Waals surface area contributed by atoms with E-state index in [1.165, 1.54) is 0 Å². The highest BCUT2D eigenvalue weighted by molar-refractivity contribution is 5.96. The van der Waals surface area contributed by atoms with Crippen molar-refractivity contribution in [1.82, 2.24) is 5.32 Å². The molecule has 13 heavy (non-hydrogen) atoms. The number of allylic oxidation sites excluding steroid dienone is 2. The molecule has 1 N–H and O–H groups in total. The fraction of sp³-hybridized carbons (Fsp3) is 0.364. The predicted molar refractivity (Wildman–Crippen MR) is 54.3 cm³/mol. The van der Waals surface area contributed by atoms with E-state index in [1.807, 2.05) is 20.8 Å². The maximum Gasteiger partial charge on any atom is 0.259 e. The Morgan fingerprint density at radius 3 is 2.54 bits per heavy atom. The average Bonchev–Trinajstić information content (AvgIpc) is 2.20. The molecule has 0 aromatic carbocycles. The summed E-state index contributed by atoms with van der Waals surface area (Å²) in [6.45, 7) is 5.91. The number of amides is 1. The van der Waals surface area contributed by atoms with Crippen molar-refractivity contribution in [3.8, 4) is 0 Å². The molecule has 0 aromatic rings. The lowest BCUT2D eigenvalue weighted by molar-refractivity contribution is -0.116. The summed E-state index contributed by atoms with van der Waals surface area (Å²) in [6, 6.07) is 0. The van der Waals surface area contributed by atoms with Gasteiger partial charge < -0.3 is 5.32 Å². The second kappa shape index (κ2) is 6.07. The van der Waals surface area contributed by atoms with Crippen LogP contribution in [0.25, 0.3) is 0 Å². The Morgan fingerprint density at radius 1 is 1.46 bits per heavy atom. The second-order valence-corrected chi connectivity index (χ2v) is 2.29. The summed E-state index contributed by atoms with van der Waals surface area (Å²) in [6.07, 6.45) is 3.56. The summed E-state index contributed by atoms with van der Waals surface area (Å²) in [5, 5.41) is 2.52. The van der Waals surface area contributed by atoms with Crippen molar-refractivity contribution >= 4 is 5.91 Å². The van der Waals surface area contributed by atoms with Gasteiger partial charge in [0.25, 0.3) is 5.91 Å². The smallest absolute Gasteiger partial charge is 0.259 e. The SMILES string of the molecule is CC.CNC(=O)C1=C=C=CC(C)=C1. The second-order valence-electron chi connectivity index (χ2n) is 2.29. The largest absolute Gasteiger partial charge is 0.355 e. The average molecular weight is 177 g/mol. The number of hydrogen-bond acceptors (Lipinski definition) is 1. The molecule has 0 spiro atoms. The van der Waals surface area contributed by atoms with Crippen LogP contribution in [0.15, 0.2) is 34.8 Å². The molecule has 0 atom stereocenters. The summed E-state index contributed by atoms with van der Waals surface area (Å²) in [5.41, 5.74) is 7.03. The number of carbonyl (C=O) groups is 1. The first kappa shape index (κ1) is 11.5. The molecule has 2 nitrogen and oxygen atoms in total. The third-order valence-corrected chi connectivity index (χ3v) is 1.35. The highest BCUT2D eigenvalue weighted by Gasteiger charge is 2.03. The van der Waals surface area contributed by atoms with Gasteiger partial charge in [0.1, 0.15) is 0 Å². The highest BCUT2D eigenvalue weighted by Crippen LogP contribution is 2.05. The molecule has 0 radical (unpaired) electrons. The van der Waals surface area contributed by atoms with Crippen molar-refractivity contribution in [3.05, 3.63) is 34.8 Å². The van der Waals surface area contributed by atoms with Crippen molar-refractivity contribution in [2.75, 3.05) is 7.05 Å². The topological polar surface area (TPSA) is 29.1 Å². The minimum Gasteiger partial charge on any atom is -0.355 e. The van der Waals surface area contributed by atoms with E-state index in [1.54, 1.807) is 19.2 Å². The molecule has 0 saturated carbocycles. The van der Waals surface area contributed by atoms with Crippen LogP contribution >= 0.6 is 0 Å². The number of carbonyl (C=O) groups excluding carboxylic acids is 1. The molecule has 1 rings (SSSR count). The van der Waals surface area contributed by atoms with Crippen LogP contribution in [-0.4, -0.2) is 13.0 Å². The van der Waals surface area contributed by atoms with E-state index < -0.39 is 0 Å². The maximum atomic E-state index is 11.0. The lowest BCUT2D eigenvalue weighted by Crippen LogP contribution is -2.18. The number of likely N-dealkylation sites (N-methyl/N-ethyl adjacent to an activating group) is 1. The molecule has 1 aliphatic carbocycles. The van der Waals surface area contributed by atoms with Gasteiger partial charge in [-0.25, -0.2) is 0 Å². The molecule has 70 valence electrons. The third-order valence-electron chi connectivity index (χ3n) is 1.35. The zero-order valence-electron chi connectivity index (χ0n) is 8.56. The van der Waals surface area contributed by atoms with Crippen molar-refractivity contribution in [3.63, 3.8) is 0 Å². The molecule has 0 aliphatic heterocycles. The molecule has 0 aromatic heterocycles. The molecule has 1 aliphatic rings. The minimum absolute atomic E-state index is 0.120. The molecule has 0 saturated heterocycles. The Kier molecular flexibility index (Phi) is 5.38. The number of hydrogen-bond donors (Lipinski definition) is 1. The highest BCUT2D eigenvalue weighted by atomic mass is 16.1. The van der Waals surface area contributed by atoms with E-state index in [0.29, 0.717) is 5.57 Å². The summed E-state index contributed by atoms with van der Waals surface area (Å²) >= 11 is 0. The van der Waals surface area contributed by atoms with Gasteiger partial charge in [0.05, 0.1) is 5.57 Å². The van der Waals surface area contributed by atoms with E-state index >= 15 is 0 Å². The van der Waals surface area contributed by atoms with Crippen LogP contribution in [0.5, 0.6) is 0 Å². The fourth-order valence-corrected chi connectivity index (χ4v) is 0.790. The minimum atomic E-state index is -0.120. The van der Waals surface area contributed by atoms with E-state index in [9.17, 15) is 4.79 Å². The molecule has 1 amide bonds. The van der Waals surface area contributed by atoms with Crippen LogP contribution in [0.3, 0.4) is 0 Å². The van der Waals surface area contributed by atoms with Crippen LogP contribution in [0.2, 0.25) is 0 Å². The first-order valence-electron chi connectivity index (χ1n) is 4.36. The lowest BCUT2D eigenvalue weighted by atomic mass is 10.1. The van der Waals surface area contributed by atoms with Crippen LogP contribution < -0.4 is 5.32 Å². The summed E-state index contributed by atoms with van der Waals surface area (Å²) in [4.78, 5) is 11.0. The zero-order chi connectivity index (χ0) is 10.3. The normalized spacial score (nSPS) is 12.3. The van der Waals surface area contributed by atoms with E-state index in [-0.39, 0.29) is 5.91 Å². The van der Waals surface area contributed by atoms with E-state index in [4.69, 9.17) is 0 Å². The summed E-state index contributed by atoms with van der Waals surface area (Å²) < 4.78 is 0. The maximum absolute atomic E-state index is 11.0. The Hall–Kier alpha value is -1.49. The summed E-state index contributed by atoms with van der Waals surface area (Å²) in [5.74, 6) is -0.120. The Labute approximate surface area is 79.3 Å². The zero-order valence-corrected chi connectivity index (χ0v) is 8.56. The third kappa shape index (κ3) is 3.62. The van der Waals surface area contributed by atoms with Gasteiger partial charge in [-0.1, -0.05) is 25.3 Å². The Morgan fingerprint density at radius 2 is 2.08 bits per heavy atom. The van der Waals surface area contributed by atoms with Gasteiger partial charge in [0, 0.05) is 7.05 Å². The molecular weight excluding hydrogens is 162 g/mol. The van der Waals surface area contributed by atoms with E-state index in [0.717, 1.165) is 5.57 Å². The van der Waals surface area contributed by atoms with Gasteiger partial charge >= 0.3 is 0 Å². The summed E-state index contributed by atoms with van der Waals surface area (Å²) in [7, 11) is 1.60. The fourth-order valence-electron chi connectivity index (χ4n) is 0.790. The van der Waals surface area contributed by atoms with Gasteiger partial charge in [-0.3, -0.25) is 4.79 Å². The van der Waals surface area contributed by atoms with Gasteiger partial charge in [-0.2, -0.15) is 0 Å². The lowest BCUT2D eigenvalue weighted by Gasteiger charge is -1.98. The van der Waals surface area contributed by atoms with Crippen molar-refractivity contribution in [2.45, 2.75) is 20.8 Å². The standard InChI is InChI=1S/C9H9NO.C2H6/c1-7-4-3-5-8(6-7)9(11)10-2;1-2/h4,6H,1-2H3,(H,10,11);1-2H3. The van der Waals surface area contributed by atoms with Crippen molar-refractivity contribution in [2.24, 2.45) is 0 Å².